The number of hydrogen-bond acceptors (Lipinski definition) is 1. The quantitative estimate of drug-likeness (QED) is 0.259. The number of rotatable bonds is 4. The third-order valence-electron chi connectivity index (χ3n) is 7.61. The maximum absolute atomic E-state index is 5.33. The van der Waals surface area contributed by atoms with Crippen molar-refractivity contribution in [1.82, 2.24) is 4.98 Å². The summed E-state index contributed by atoms with van der Waals surface area (Å²) in [5.74, 6) is 0. The molecule has 0 aliphatic carbocycles. The fourth-order valence-electron chi connectivity index (χ4n) is 5.67. The number of aromatic amines is 1. The summed E-state index contributed by atoms with van der Waals surface area (Å²) < 4.78 is 0. The highest BCUT2D eigenvalue weighted by atomic mass is 14.8. The van der Waals surface area contributed by atoms with E-state index < -0.39 is 0 Å². The van der Waals surface area contributed by atoms with E-state index >= 15 is 0 Å². The van der Waals surface area contributed by atoms with Crippen LogP contribution in [0.2, 0.25) is 0 Å². The highest BCUT2D eigenvalue weighted by Gasteiger charge is 2.25. The SMILES string of the molecule is Cc1cc(C)c(C2=N/C(=C\c3[nH]c(-c4ccccc4)cc3-c3ccccc3)c3cc(C)c(C)cc32)c(C)c1. The maximum atomic E-state index is 5.33. The number of hydrogen-bond donors (Lipinski definition) is 1. The van der Waals surface area contributed by atoms with E-state index in [-0.39, 0.29) is 0 Å². The third-order valence-corrected chi connectivity index (χ3v) is 7.61. The molecule has 1 aliphatic heterocycles. The molecule has 0 unspecified atom stereocenters. The molecule has 0 saturated carbocycles. The Bertz CT molecular complexity index is 1710. The van der Waals surface area contributed by atoms with Crippen molar-refractivity contribution < 1.29 is 0 Å². The van der Waals surface area contributed by atoms with E-state index in [1.807, 2.05) is 0 Å². The van der Waals surface area contributed by atoms with Crippen molar-refractivity contribution in [3.8, 4) is 22.4 Å². The van der Waals surface area contributed by atoms with Crippen LogP contribution in [0.1, 0.15) is 50.2 Å². The zero-order valence-corrected chi connectivity index (χ0v) is 22.7. The topological polar surface area (TPSA) is 28.1 Å². The Labute approximate surface area is 225 Å². The van der Waals surface area contributed by atoms with Crippen LogP contribution < -0.4 is 0 Å². The van der Waals surface area contributed by atoms with E-state index in [9.17, 15) is 0 Å². The number of benzene rings is 4. The fraction of sp³-hybridized carbons (Fsp3) is 0.139. The van der Waals surface area contributed by atoms with Gasteiger partial charge in [0.15, 0.2) is 0 Å². The van der Waals surface area contributed by atoms with Gasteiger partial charge in [0.1, 0.15) is 0 Å². The first kappa shape index (κ1) is 23.9. The lowest BCUT2D eigenvalue weighted by Gasteiger charge is -2.13. The number of aryl methyl sites for hydroxylation is 5. The molecule has 1 aliphatic rings. The van der Waals surface area contributed by atoms with Crippen LogP contribution in [0.25, 0.3) is 34.2 Å². The zero-order chi connectivity index (χ0) is 26.4. The molecule has 0 atom stereocenters. The van der Waals surface area contributed by atoms with Crippen LogP contribution in [0.5, 0.6) is 0 Å². The summed E-state index contributed by atoms with van der Waals surface area (Å²) in [7, 11) is 0. The van der Waals surface area contributed by atoms with Gasteiger partial charge in [0.25, 0.3) is 0 Å². The second-order valence-electron chi connectivity index (χ2n) is 10.5. The first-order valence-electron chi connectivity index (χ1n) is 13.2. The number of nitrogens with zero attached hydrogens (tertiary/aromatic N) is 1. The van der Waals surface area contributed by atoms with E-state index in [1.54, 1.807) is 0 Å². The molecule has 1 aromatic heterocycles. The molecule has 0 fully saturated rings. The molecular weight excluding hydrogens is 460 g/mol. The van der Waals surface area contributed by atoms with Crippen molar-refractivity contribution in [2.24, 2.45) is 4.99 Å². The molecule has 0 amide bonds. The van der Waals surface area contributed by atoms with Crippen LogP contribution in [0.3, 0.4) is 0 Å². The molecule has 0 radical (unpaired) electrons. The van der Waals surface area contributed by atoms with Crippen molar-refractivity contribution in [2.75, 3.05) is 0 Å². The molecule has 0 saturated heterocycles. The predicted octanol–water partition coefficient (Wildman–Crippen LogP) is 9.24. The maximum Gasteiger partial charge on any atom is 0.0794 e. The van der Waals surface area contributed by atoms with Crippen LogP contribution in [0.4, 0.5) is 0 Å². The van der Waals surface area contributed by atoms with Gasteiger partial charge in [-0.1, -0.05) is 78.4 Å². The Morgan fingerprint density at radius 1 is 0.579 bits per heavy atom. The fourth-order valence-corrected chi connectivity index (χ4v) is 5.67. The zero-order valence-electron chi connectivity index (χ0n) is 22.7. The van der Waals surface area contributed by atoms with Gasteiger partial charge >= 0.3 is 0 Å². The Morgan fingerprint density at radius 2 is 1.16 bits per heavy atom. The summed E-state index contributed by atoms with van der Waals surface area (Å²) in [5, 5.41) is 0. The van der Waals surface area contributed by atoms with Gasteiger partial charge in [-0.15, -0.1) is 0 Å². The number of aromatic nitrogens is 1. The van der Waals surface area contributed by atoms with Crippen molar-refractivity contribution in [1.29, 1.82) is 0 Å². The van der Waals surface area contributed by atoms with Crippen LogP contribution in [-0.2, 0) is 0 Å². The Kier molecular flexibility index (Phi) is 5.96. The summed E-state index contributed by atoms with van der Waals surface area (Å²) >= 11 is 0. The number of fused-ring (bicyclic) bond motifs is 1. The van der Waals surface area contributed by atoms with E-state index in [2.05, 4.69) is 137 Å². The third kappa shape index (κ3) is 4.22. The van der Waals surface area contributed by atoms with Crippen molar-refractivity contribution in [3.05, 3.63) is 141 Å². The van der Waals surface area contributed by atoms with Crippen LogP contribution in [0, 0.1) is 34.6 Å². The largest absolute Gasteiger partial charge is 0.354 e. The van der Waals surface area contributed by atoms with Gasteiger partial charge < -0.3 is 4.98 Å². The highest BCUT2D eigenvalue weighted by molar-refractivity contribution is 6.23. The standard InChI is InChI=1S/C36H32N2/c1-22-16-25(4)35(26(5)17-22)36-31-19-24(3)23(2)18-30(31)34(38-36)21-33-29(27-12-8-6-9-13-27)20-32(37-33)28-14-10-7-11-15-28/h6-21,37H,1-5H3/b34-21-. The summed E-state index contributed by atoms with van der Waals surface area (Å²) in [6.07, 6.45) is 2.23. The Balaban J connectivity index is 1.58. The van der Waals surface area contributed by atoms with Gasteiger partial charge in [0.2, 0.25) is 0 Å². The molecule has 0 bridgehead atoms. The molecule has 186 valence electrons. The van der Waals surface area contributed by atoms with E-state index in [1.165, 1.54) is 61.2 Å². The molecule has 2 heteroatoms. The van der Waals surface area contributed by atoms with E-state index in [0.29, 0.717) is 0 Å². The van der Waals surface area contributed by atoms with Gasteiger partial charge in [-0.3, -0.25) is 0 Å². The number of H-pyrrole nitrogens is 1. The Morgan fingerprint density at radius 3 is 1.79 bits per heavy atom. The first-order chi connectivity index (χ1) is 18.4. The lowest BCUT2D eigenvalue weighted by atomic mass is 9.90. The van der Waals surface area contributed by atoms with Gasteiger partial charge in [0, 0.05) is 33.6 Å². The molecule has 6 rings (SSSR count). The van der Waals surface area contributed by atoms with Crippen molar-refractivity contribution in [3.63, 3.8) is 0 Å². The smallest absolute Gasteiger partial charge is 0.0794 e. The Hall–Kier alpha value is -4.43. The van der Waals surface area contributed by atoms with Gasteiger partial charge in [-0.2, -0.15) is 0 Å². The predicted molar refractivity (Wildman–Crippen MR) is 162 cm³/mol. The monoisotopic (exact) mass is 492 g/mol. The van der Waals surface area contributed by atoms with E-state index in [0.717, 1.165) is 22.8 Å². The molecule has 1 N–H and O–H groups in total. The van der Waals surface area contributed by atoms with Gasteiger partial charge in [-0.25, -0.2) is 4.99 Å². The second-order valence-corrected chi connectivity index (χ2v) is 10.5. The lowest BCUT2D eigenvalue weighted by Crippen LogP contribution is -2.07. The minimum atomic E-state index is 0.996. The summed E-state index contributed by atoms with van der Waals surface area (Å²) in [6, 6.07) is 32.5. The second kappa shape index (κ2) is 9.46. The van der Waals surface area contributed by atoms with E-state index in [4.69, 9.17) is 4.99 Å². The molecule has 0 spiro atoms. The van der Waals surface area contributed by atoms with Crippen LogP contribution >= 0.6 is 0 Å². The molecule has 2 nitrogen and oxygen atoms in total. The average Bonchev–Trinajstić information content (AvgIpc) is 3.47. The molecule has 4 aromatic carbocycles. The van der Waals surface area contributed by atoms with Crippen LogP contribution in [0.15, 0.2) is 96.0 Å². The summed E-state index contributed by atoms with van der Waals surface area (Å²) in [6.45, 7) is 10.9. The van der Waals surface area contributed by atoms with Crippen molar-refractivity contribution in [2.45, 2.75) is 34.6 Å². The summed E-state index contributed by atoms with van der Waals surface area (Å²) in [4.78, 5) is 9.05. The molecule has 38 heavy (non-hydrogen) atoms. The molecular formula is C36H32N2. The highest BCUT2D eigenvalue weighted by Crippen LogP contribution is 2.38. The minimum absolute atomic E-state index is 0.996. The average molecular weight is 493 g/mol. The molecule has 2 heterocycles. The first-order valence-corrected chi connectivity index (χ1v) is 13.2. The minimum Gasteiger partial charge on any atom is -0.354 e. The van der Waals surface area contributed by atoms with Crippen LogP contribution in [-0.4, -0.2) is 10.7 Å². The summed E-state index contributed by atoms with van der Waals surface area (Å²) in [5.41, 5.74) is 17.8. The normalized spacial score (nSPS) is 13.6. The van der Waals surface area contributed by atoms with Crippen molar-refractivity contribution >= 4 is 17.5 Å². The van der Waals surface area contributed by atoms with Gasteiger partial charge in [-0.05, 0) is 92.3 Å². The number of aliphatic imine (C=N–C) groups is 1. The lowest BCUT2D eigenvalue weighted by molar-refractivity contribution is 1.29. The number of nitrogens with one attached hydrogen (secondary N) is 1. The van der Waals surface area contributed by atoms with Gasteiger partial charge in [0.05, 0.1) is 11.4 Å². The molecule has 5 aromatic rings.